The topological polar surface area (TPSA) is 120 Å². The lowest BCUT2D eigenvalue weighted by molar-refractivity contribution is -0.384. The Morgan fingerprint density at radius 2 is 1.79 bits per heavy atom. The van der Waals surface area contributed by atoms with E-state index >= 15 is 0 Å². The van der Waals surface area contributed by atoms with Gasteiger partial charge in [-0.25, -0.2) is 18.1 Å². The van der Waals surface area contributed by atoms with Crippen molar-refractivity contribution in [1.82, 2.24) is 14.8 Å². The molecule has 0 saturated carbocycles. The van der Waals surface area contributed by atoms with E-state index in [2.05, 4.69) is 14.8 Å². The molecule has 1 heterocycles. The summed E-state index contributed by atoms with van der Waals surface area (Å²) in [6.07, 6.45) is -2.38. The van der Waals surface area contributed by atoms with Crippen LogP contribution in [0.3, 0.4) is 0 Å². The van der Waals surface area contributed by atoms with Crippen LogP contribution in [-0.2, 0) is 16.2 Å². The Hall–Kier alpha value is -3.48. The molecule has 0 radical (unpaired) electrons. The summed E-state index contributed by atoms with van der Waals surface area (Å²) < 4.78 is 67.4. The van der Waals surface area contributed by atoms with Crippen molar-refractivity contribution in [3.8, 4) is 5.69 Å². The summed E-state index contributed by atoms with van der Waals surface area (Å²) in [6, 6.07) is 6.34. The fourth-order valence-electron chi connectivity index (χ4n) is 2.28. The standard InChI is InChI=1S/C15H10F3N5O4S/c16-15(17,18)10-1-6-14(22-9-19-8-20-22)13(7-10)21-28(26,27)12-4-2-11(3-5-12)23(24)25/h1-9,21H. The summed E-state index contributed by atoms with van der Waals surface area (Å²) >= 11 is 0. The van der Waals surface area contributed by atoms with Crippen molar-refractivity contribution in [1.29, 1.82) is 0 Å². The van der Waals surface area contributed by atoms with Crippen molar-refractivity contribution in [3.05, 3.63) is 70.8 Å². The Bertz CT molecular complexity index is 1110. The van der Waals surface area contributed by atoms with Crippen molar-refractivity contribution >= 4 is 21.4 Å². The molecule has 0 aliphatic heterocycles. The van der Waals surface area contributed by atoms with Crippen molar-refractivity contribution in [2.45, 2.75) is 11.1 Å². The molecule has 0 fully saturated rings. The van der Waals surface area contributed by atoms with Gasteiger partial charge in [0.2, 0.25) is 0 Å². The van der Waals surface area contributed by atoms with Crippen molar-refractivity contribution in [2.24, 2.45) is 0 Å². The first-order valence-electron chi connectivity index (χ1n) is 7.41. The third kappa shape index (κ3) is 3.93. The first-order chi connectivity index (χ1) is 13.1. The average molecular weight is 413 g/mol. The van der Waals surface area contributed by atoms with Gasteiger partial charge in [-0.2, -0.15) is 18.3 Å². The van der Waals surface area contributed by atoms with E-state index in [9.17, 15) is 31.7 Å². The van der Waals surface area contributed by atoms with Crippen LogP contribution >= 0.6 is 0 Å². The van der Waals surface area contributed by atoms with Crippen LogP contribution in [0.4, 0.5) is 24.5 Å². The second-order valence-electron chi connectivity index (χ2n) is 5.43. The van der Waals surface area contributed by atoms with Gasteiger partial charge in [-0.15, -0.1) is 0 Å². The zero-order valence-corrected chi connectivity index (χ0v) is 14.5. The number of halogens is 3. The number of hydrogen-bond donors (Lipinski definition) is 1. The molecule has 0 saturated heterocycles. The summed E-state index contributed by atoms with van der Waals surface area (Å²) in [6.45, 7) is 0. The number of aromatic nitrogens is 3. The van der Waals surface area contributed by atoms with Crippen LogP contribution in [0.2, 0.25) is 0 Å². The number of nitro groups is 1. The molecule has 0 bridgehead atoms. The number of non-ortho nitro benzene ring substituents is 1. The minimum absolute atomic E-state index is 0.0102. The Morgan fingerprint density at radius 1 is 1.11 bits per heavy atom. The predicted octanol–water partition coefficient (Wildman–Crippen LogP) is 3.00. The summed E-state index contributed by atoms with van der Waals surface area (Å²) in [5.41, 5.74) is -1.78. The van der Waals surface area contributed by atoms with Gasteiger partial charge >= 0.3 is 6.18 Å². The summed E-state index contributed by atoms with van der Waals surface area (Å²) in [5, 5.41) is 14.5. The van der Waals surface area contributed by atoms with Crippen LogP contribution in [0.15, 0.2) is 60.0 Å². The minimum Gasteiger partial charge on any atom is -0.277 e. The average Bonchev–Trinajstić information content (AvgIpc) is 3.15. The molecule has 0 amide bonds. The smallest absolute Gasteiger partial charge is 0.277 e. The number of alkyl halides is 3. The lowest BCUT2D eigenvalue weighted by Crippen LogP contribution is -2.16. The Morgan fingerprint density at radius 3 is 2.32 bits per heavy atom. The molecular weight excluding hydrogens is 403 g/mol. The quantitative estimate of drug-likeness (QED) is 0.507. The molecule has 146 valence electrons. The van der Waals surface area contributed by atoms with Crippen molar-refractivity contribution in [2.75, 3.05) is 4.72 Å². The maximum atomic E-state index is 13.0. The Balaban J connectivity index is 2.05. The fourth-order valence-corrected chi connectivity index (χ4v) is 3.34. The lowest BCUT2D eigenvalue weighted by atomic mass is 10.1. The van der Waals surface area contributed by atoms with Gasteiger partial charge in [0, 0.05) is 12.1 Å². The summed E-state index contributed by atoms with van der Waals surface area (Å²) in [4.78, 5) is 13.3. The fraction of sp³-hybridized carbons (Fsp3) is 0.0667. The number of nitro benzene ring substituents is 1. The molecule has 2 aromatic carbocycles. The molecule has 0 atom stereocenters. The molecule has 1 aromatic heterocycles. The van der Waals surface area contributed by atoms with Gasteiger partial charge in [0.15, 0.2) is 0 Å². The molecular formula is C15H10F3N5O4S. The van der Waals surface area contributed by atoms with Gasteiger partial charge in [-0.05, 0) is 30.3 Å². The van der Waals surface area contributed by atoms with E-state index in [1.807, 2.05) is 0 Å². The number of hydrogen-bond acceptors (Lipinski definition) is 6. The van der Waals surface area contributed by atoms with E-state index < -0.39 is 32.4 Å². The molecule has 13 heteroatoms. The van der Waals surface area contributed by atoms with Crippen LogP contribution in [0.25, 0.3) is 5.69 Å². The van der Waals surface area contributed by atoms with Crippen molar-refractivity contribution in [3.63, 3.8) is 0 Å². The normalized spacial score (nSPS) is 12.0. The monoisotopic (exact) mass is 413 g/mol. The molecule has 28 heavy (non-hydrogen) atoms. The van der Waals surface area contributed by atoms with Gasteiger partial charge in [-0.3, -0.25) is 14.8 Å². The zero-order chi connectivity index (χ0) is 20.5. The molecule has 0 aliphatic rings. The number of sulfonamides is 1. The highest BCUT2D eigenvalue weighted by atomic mass is 32.2. The molecule has 1 N–H and O–H groups in total. The third-order valence-corrected chi connectivity index (χ3v) is 4.97. The first-order valence-corrected chi connectivity index (χ1v) is 8.90. The molecule has 3 aromatic rings. The van der Waals surface area contributed by atoms with Crippen LogP contribution < -0.4 is 4.72 Å². The second-order valence-corrected chi connectivity index (χ2v) is 7.11. The van der Waals surface area contributed by atoms with E-state index in [0.717, 1.165) is 47.4 Å². The van der Waals surface area contributed by atoms with Gasteiger partial charge < -0.3 is 0 Å². The van der Waals surface area contributed by atoms with Crippen LogP contribution in [0.5, 0.6) is 0 Å². The Labute approximate surface area is 155 Å². The SMILES string of the molecule is O=[N+]([O-])c1ccc(S(=O)(=O)Nc2cc(C(F)(F)F)ccc2-n2cncn2)cc1. The van der Waals surface area contributed by atoms with Gasteiger partial charge in [-0.1, -0.05) is 0 Å². The van der Waals surface area contributed by atoms with Crippen LogP contribution in [0.1, 0.15) is 5.56 Å². The van der Waals surface area contributed by atoms with E-state index in [-0.39, 0.29) is 16.3 Å². The zero-order valence-electron chi connectivity index (χ0n) is 13.7. The lowest BCUT2D eigenvalue weighted by Gasteiger charge is -2.15. The third-order valence-electron chi connectivity index (χ3n) is 3.59. The van der Waals surface area contributed by atoms with Crippen LogP contribution in [-0.4, -0.2) is 28.1 Å². The highest BCUT2D eigenvalue weighted by Crippen LogP contribution is 2.34. The number of nitrogens with zero attached hydrogens (tertiary/aromatic N) is 4. The van der Waals surface area contributed by atoms with E-state index in [1.54, 1.807) is 0 Å². The maximum Gasteiger partial charge on any atom is 0.416 e. The van der Waals surface area contributed by atoms with Crippen LogP contribution in [0, 0.1) is 10.1 Å². The number of benzene rings is 2. The molecule has 0 aliphatic carbocycles. The first kappa shape index (κ1) is 19.3. The minimum atomic E-state index is -4.70. The molecule has 9 nitrogen and oxygen atoms in total. The highest BCUT2D eigenvalue weighted by molar-refractivity contribution is 7.92. The largest absolute Gasteiger partial charge is 0.416 e. The summed E-state index contributed by atoms with van der Waals surface area (Å²) in [7, 11) is -4.33. The number of rotatable bonds is 5. The van der Waals surface area contributed by atoms with Gasteiger partial charge in [0.1, 0.15) is 12.7 Å². The highest BCUT2D eigenvalue weighted by Gasteiger charge is 2.32. The second kappa shape index (κ2) is 6.92. The molecule has 0 unspecified atom stereocenters. The van der Waals surface area contributed by atoms with E-state index in [0.29, 0.717) is 6.07 Å². The number of nitrogens with one attached hydrogen (secondary N) is 1. The maximum absolute atomic E-state index is 13.0. The van der Waals surface area contributed by atoms with Gasteiger partial charge in [0.25, 0.3) is 15.7 Å². The predicted molar refractivity (Wildman–Crippen MR) is 90.3 cm³/mol. The molecule has 0 spiro atoms. The Kier molecular flexibility index (Phi) is 4.77. The summed E-state index contributed by atoms with van der Waals surface area (Å²) in [5.74, 6) is 0. The van der Waals surface area contributed by atoms with Crippen molar-refractivity contribution < 1.29 is 26.5 Å². The van der Waals surface area contributed by atoms with Gasteiger partial charge in [0.05, 0.1) is 26.8 Å². The van der Waals surface area contributed by atoms with E-state index in [4.69, 9.17) is 0 Å². The molecule has 3 rings (SSSR count). The number of anilines is 1. The van der Waals surface area contributed by atoms with E-state index in [1.165, 1.54) is 6.33 Å².